The molecule has 0 saturated heterocycles. The summed E-state index contributed by atoms with van der Waals surface area (Å²) in [6, 6.07) is 72.4. The van der Waals surface area contributed by atoms with E-state index in [4.69, 9.17) is 13.3 Å². The van der Waals surface area contributed by atoms with E-state index in [9.17, 15) is 0 Å². The number of hydrogen-bond acceptors (Lipinski definition) is 5. The monoisotopic (exact) mass is 936 g/mol. The number of nitrogens with zero attached hydrogens (tertiary/aromatic N) is 1. The normalized spacial score (nSPS) is 15.5. The summed E-state index contributed by atoms with van der Waals surface area (Å²) >= 11 is 0. The maximum atomic E-state index is 6.77. The van der Waals surface area contributed by atoms with Gasteiger partial charge in [-0.25, -0.2) is 0 Å². The summed E-state index contributed by atoms with van der Waals surface area (Å²) in [5.41, 5.74) is 16.2. The number of anilines is 4. The van der Waals surface area contributed by atoms with Crippen molar-refractivity contribution in [3.63, 3.8) is 0 Å². The fourth-order valence-corrected chi connectivity index (χ4v) is 12.2. The van der Waals surface area contributed by atoms with Gasteiger partial charge in [-0.1, -0.05) is 127 Å². The van der Waals surface area contributed by atoms with Crippen LogP contribution < -0.4 is 10.2 Å². The van der Waals surface area contributed by atoms with Crippen LogP contribution in [0.15, 0.2) is 238 Å². The van der Waals surface area contributed by atoms with Crippen LogP contribution >= 0.6 is 0 Å². The highest BCUT2D eigenvalue weighted by Crippen LogP contribution is 2.45. The van der Waals surface area contributed by atoms with E-state index in [1.807, 2.05) is 0 Å². The minimum absolute atomic E-state index is 0.163. The molecule has 5 heteroatoms. The molecule has 2 atom stereocenters. The zero-order valence-electron chi connectivity index (χ0n) is 39.6. The summed E-state index contributed by atoms with van der Waals surface area (Å²) in [7, 11) is 0. The Kier molecular flexibility index (Phi) is 8.63. The quantitative estimate of drug-likeness (QED) is 0.180. The summed E-state index contributed by atoms with van der Waals surface area (Å²) < 4.78 is 20.0. The summed E-state index contributed by atoms with van der Waals surface area (Å²) in [5.74, 6) is 0.239. The Morgan fingerprint density at radius 2 is 0.986 bits per heavy atom. The van der Waals surface area contributed by atoms with E-state index in [0.717, 1.165) is 107 Å². The number of fused-ring (bicyclic) bond motifs is 17. The molecule has 0 fully saturated rings. The van der Waals surface area contributed by atoms with Crippen LogP contribution in [0, 0.1) is 0 Å². The largest absolute Gasteiger partial charge is 0.456 e. The molecule has 3 heterocycles. The minimum Gasteiger partial charge on any atom is -0.456 e. The Morgan fingerprint density at radius 1 is 0.384 bits per heavy atom. The van der Waals surface area contributed by atoms with Crippen LogP contribution in [0.3, 0.4) is 0 Å². The molecule has 0 aliphatic heterocycles. The van der Waals surface area contributed by atoms with E-state index in [1.54, 1.807) is 0 Å². The molecule has 5 nitrogen and oxygen atoms in total. The van der Waals surface area contributed by atoms with Crippen molar-refractivity contribution in [3.8, 4) is 11.1 Å². The van der Waals surface area contributed by atoms with Crippen LogP contribution in [0.25, 0.3) is 109 Å². The minimum atomic E-state index is 0.163. The van der Waals surface area contributed by atoms with Gasteiger partial charge in [0, 0.05) is 89.9 Å². The molecule has 3 aromatic heterocycles. The van der Waals surface area contributed by atoms with Crippen LogP contribution in [0.2, 0.25) is 0 Å². The number of para-hydroxylation sites is 1. The van der Waals surface area contributed by atoms with Crippen molar-refractivity contribution < 1.29 is 13.3 Å². The van der Waals surface area contributed by atoms with E-state index in [-0.39, 0.29) is 12.0 Å². The number of furan rings is 3. The van der Waals surface area contributed by atoms with Gasteiger partial charge in [0.25, 0.3) is 0 Å². The number of hydrogen-bond donors (Lipinski definition) is 1. The lowest BCUT2D eigenvalue weighted by molar-refractivity contribution is 0.666. The number of benzene rings is 11. The van der Waals surface area contributed by atoms with Crippen LogP contribution in [-0.2, 0) is 6.42 Å². The molecule has 2 unspecified atom stereocenters. The van der Waals surface area contributed by atoms with Gasteiger partial charge in [0.15, 0.2) is 0 Å². The zero-order valence-corrected chi connectivity index (χ0v) is 39.6. The Labute approximate surface area is 419 Å². The average molecular weight is 937 g/mol. The molecule has 0 bridgehead atoms. The van der Waals surface area contributed by atoms with Gasteiger partial charge < -0.3 is 23.5 Å². The molecule has 11 aromatic carbocycles. The average Bonchev–Trinajstić information content (AvgIpc) is 4.15. The van der Waals surface area contributed by atoms with Crippen molar-refractivity contribution in [2.45, 2.75) is 24.8 Å². The molecule has 0 spiro atoms. The first-order chi connectivity index (χ1) is 36.1. The molecule has 344 valence electrons. The second-order valence-corrected chi connectivity index (χ2v) is 20.0. The molecule has 14 aromatic rings. The van der Waals surface area contributed by atoms with Gasteiger partial charge in [-0.3, -0.25) is 0 Å². The van der Waals surface area contributed by atoms with Crippen molar-refractivity contribution in [3.05, 3.63) is 241 Å². The van der Waals surface area contributed by atoms with Crippen LogP contribution in [0.5, 0.6) is 0 Å². The SMILES string of the molecule is C1=CC(Nc2ccc3c(c2)Cc2cc4cc5c(cc4cc2-3)oc2cc(N(c3ccccc3)c3ccc4c(c3)oc3c6ccccc6ccc43)ccc25)CC(c2ccc3c(c2)oc2c4ccccc4ccc32)C=C1. The topological polar surface area (TPSA) is 54.7 Å². The van der Waals surface area contributed by atoms with Gasteiger partial charge in [-0.2, -0.15) is 0 Å². The highest BCUT2D eigenvalue weighted by atomic mass is 16.3. The van der Waals surface area contributed by atoms with Crippen molar-refractivity contribution in [2.75, 3.05) is 10.2 Å². The van der Waals surface area contributed by atoms with Gasteiger partial charge >= 0.3 is 0 Å². The van der Waals surface area contributed by atoms with Gasteiger partial charge in [-0.05, 0) is 147 Å². The van der Waals surface area contributed by atoms with Gasteiger partial charge in [-0.15, -0.1) is 0 Å². The fourth-order valence-electron chi connectivity index (χ4n) is 12.2. The third-order valence-corrected chi connectivity index (χ3v) is 15.8. The zero-order chi connectivity index (χ0) is 47.7. The molecule has 2 aliphatic carbocycles. The summed E-state index contributed by atoms with van der Waals surface area (Å²) in [6.45, 7) is 0. The van der Waals surface area contributed by atoms with Crippen LogP contribution in [0.4, 0.5) is 22.7 Å². The molecule has 2 aliphatic rings. The predicted octanol–water partition coefficient (Wildman–Crippen LogP) is 19.0. The Bertz CT molecular complexity index is 4680. The second kappa shape index (κ2) is 15.6. The lowest BCUT2D eigenvalue weighted by Gasteiger charge is -2.25. The molecule has 0 saturated carbocycles. The molecular formula is C68H44N2O3. The number of nitrogens with one attached hydrogen (secondary N) is 1. The van der Waals surface area contributed by atoms with Crippen LogP contribution in [-0.4, -0.2) is 6.04 Å². The Hall–Kier alpha value is -9.32. The maximum absolute atomic E-state index is 6.77. The molecule has 73 heavy (non-hydrogen) atoms. The lowest BCUT2D eigenvalue weighted by atomic mass is 9.91. The van der Waals surface area contributed by atoms with E-state index < -0.39 is 0 Å². The number of allylic oxidation sites excluding steroid dienone is 3. The molecule has 0 amide bonds. The van der Waals surface area contributed by atoms with Gasteiger partial charge in [0.05, 0.1) is 0 Å². The fraction of sp³-hybridized carbons (Fsp3) is 0.0588. The first-order valence-corrected chi connectivity index (χ1v) is 25.3. The first-order valence-electron chi connectivity index (χ1n) is 25.3. The molecule has 16 rings (SSSR count). The second-order valence-electron chi connectivity index (χ2n) is 20.0. The van der Waals surface area contributed by atoms with E-state index in [0.29, 0.717) is 0 Å². The Balaban J connectivity index is 0.686. The lowest BCUT2D eigenvalue weighted by Crippen LogP contribution is -2.19. The van der Waals surface area contributed by atoms with Crippen molar-refractivity contribution >= 4 is 121 Å². The Morgan fingerprint density at radius 3 is 1.74 bits per heavy atom. The maximum Gasteiger partial charge on any atom is 0.143 e. The summed E-state index contributed by atoms with van der Waals surface area (Å²) in [6.07, 6.45) is 10.8. The van der Waals surface area contributed by atoms with E-state index in [2.05, 4.69) is 235 Å². The number of rotatable bonds is 6. The van der Waals surface area contributed by atoms with Crippen molar-refractivity contribution in [1.29, 1.82) is 0 Å². The third kappa shape index (κ3) is 6.41. The molecule has 1 N–H and O–H groups in total. The first kappa shape index (κ1) is 40.4. The van der Waals surface area contributed by atoms with Crippen LogP contribution in [0.1, 0.15) is 29.0 Å². The highest BCUT2D eigenvalue weighted by molar-refractivity contribution is 6.17. The predicted molar refractivity (Wildman–Crippen MR) is 303 cm³/mol. The molecule has 0 radical (unpaired) electrons. The van der Waals surface area contributed by atoms with Gasteiger partial charge in [0.2, 0.25) is 0 Å². The third-order valence-electron chi connectivity index (χ3n) is 15.8. The highest BCUT2D eigenvalue weighted by Gasteiger charge is 2.24. The van der Waals surface area contributed by atoms with E-state index in [1.165, 1.54) is 54.7 Å². The van der Waals surface area contributed by atoms with Gasteiger partial charge in [0.1, 0.15) is 33.5 Å². The molecular weight excluding hydrogens is 893 g/mol. The van der Waals surface area contributed by atoms with E-state index >= 15 is 0 Å². The van der Waals surface area contributed by atoms with Crippen molar-refractivity contribution in [1.82, 2.24) is 0 Å². The summed E-state index contributed by atoms with van der Waals surface area (Å²) in [4.78, 5) is 2.28. The smallest absolute Gasteiger partial charge is 0.143 e. The summed E-state index contributed by atoms with van der Waals surface area (Å²) in [5, 5.41) is 17.7. The standard InChI is InChI=1S/C68H44N2O3/c1-2-14-50(15-3-1)70(52-22-28-57-60-26-19-41-11-6-9-17-55(41)68(60)73-66(57)39-52)51-23-29-58-62-35-44-30-46-31-47-33-49(21-27-53(47)61(46)34-45(44)37-64(62)71-65(58)38-51)69-48-13-7-4-12-42(32-48)43-20-24-56-59-25-18-40-10-5-8-16-54(40)67(59)72-63(56)36-43/h1-30,33-39,42,48,69H,31-32H2. The van der Waals surface area contributed by atoms with Crippen molar-refractivity contribution in [2.24, 2.45) is 0 Å².